The van der Waals surface area contributed by atoms with Crippen LogP contribution in [0, 0.1) is 0 Å². The molecule has 28 heavy (non-hydrogen) atoms. The van der Waals surface area contributed by atoms with Gasteiger partial charge < -0.3 is 10.2 Å². The third-order valence-electron chi connectivity index (χ3n) is 5.74. The maximum atomic E-state index is 11.8. The van der Waals surface area contributed by atoms with Crippen LogP contribution >= 0.6 is 0 Å². The van der Waals surface area contributed by atoms with Gasteiger partial charge in [-0.2, -0.15) is 0 Å². The van der Waals surface area contributed by atoms with Gasteiger partial charge in [0.2, 0.25) is 5.91 Å². The molecule has 2 aromatic heterocycles. The number of pyridine rings is 1. The molecule has 1 unspecified atom stereocenters. The Hall–Kier alpha value is -2.54. The van der Waals surface area contributed by atoms with Crippen molar-refractivity contribution < 1.29 is 4.79 Å². The van der Waals surface area contributed by atoms with E-state index in [2.05, 4.69) is 21.3 Å². The van der Waals surface area contributed by atoms with Gasteiger partial charge in [-0.25, -0.2) is 9.97 Å². The van der Waals surface area contributed by atoms with E-state index in [4.69, 9.17) is 9.97 Å². The second-order valence-electron chi connectivity index (χ2n) is 7.69. The van der Waals surface area contributed by atoms with Crippen molar-refractivity contribution in [3.8, 4) is 0 Å². The Labute approximate surface area is 166 Å². The molecule has 2 aliphatic rings. The molecule has 1 saturated heterocycles. The first-order valence-electron chi connectivity index (χ1n) is 10.1. The summed E-state index contributed by atoms with van der Waals surface area (Å²) in [6.07, 6.45) is 4.90. The molecule has 4 rings (SSSR count). The van der Waals surface area contributed by atoms with Crippen molar-refractivity contribution in [1.82, 2.24) is 24.8 Å². The number of aromatic nitrogens is 3. The van der Waals surface area contributed by atoms with Crippen molar-refractivity contribution in [3.63, 3.8) is 0 Å². The van der Waals surface area contributed by atoms with Gasteiger partial charge in [0.25, 0.3) is 0 Å². The van der Waals surface area contributed by atoms with E-state index >= 15 is 0 Å². The third kappa shape index (κ3) is 3.99. The fraction of sp³-hybridized carbons (Fsp3) is 0.524. The average Bonchev–Trinajstić information content (AvgIpc) is 2.73. The Morgan fingerprint density at radius 3 is 2.93 bits per heavy atom. The molecule has 2 aliphatic heterocycles. The van der Waals surface area contributed by atoms with Crippen molar-refractivity contribution in [2.75, 3.05) is 32.0 Å². The summed E-state index contributed by atoms with van der Waals surface area (Å²) in [4.78, 5) is 30.4. The lowest BCUT2D eigenvalue weighted by Gasteiger charge is -2.33. The number of carbonyl (C=O) groups is 1. The molecule has 0 radical (unpaired) electrons. The number of nitrogens with one attached hydrogen (secondary N) is 1. The molecule has 0 bridgehead atoms. The monoisotopic (exact) mass is 380 g/mol. The molecule has 1 atom stereocenters. The van der Waals surface area contributed by atoms with Gasteiger partial charge in [0.15, 0.2) is 0 Å². The van der Waals surface area contributed by atoms with E-state index in [0.29, 0.717) is 12.5 Å². The number of carbonyl (C=O) groups excluding carboxylic acids is 1. The summed E-state index contributed by atoms with van der Waals surface area (Å²) >= 11 is 0. The molecule has 1 N–H and O–H groups in total. The van der Waals surface area contributed by atoms with Crippen LogP contribution in [-0.2, 0) is 24.3 Å². The summed E-state index contributed by atoms with van der Waals surface area (Å²) in [6, 6.07) is 6.08. The predicted octanol–water partition coefficient (Wildman–Crippen LogP) is 2.20. The third-order valence-corrected chi connectivity index (χ3v) is 5.74. The minimum absolute atomic E-state index is 0.106. The minimum atomic E-state index is 0.106. The molecular weight excluding hydrogens is 352 g/mol. The molecule has 1 fully saturated rings. The SMILES string of the molecule is CNc1nc(C2CCCN(Cc3ccccn3)C2)nc2c1CN(C(C)=O)CC2. The largest absolute Gasteiger partial charge is 0.373 e. The van der Waals surface area contributed by atoms with E-state index < -0.39 is 0 Å². The quantitative estimate of drug-likeness (QED) is 0.877. The highest BCUT2D eigenvalue weighted by Crippen LogP contribution is 2.30. The number of fused-ring (bicyclic) bond motifs is 1. The van der Waals surface area contributed by atoms with Crippen LogP contribution in [0.1, 0.15) is 48.5 Å². The molecule has 0 aliphatic carbocycles. The van der Waals surface area contributed by atoms with Crippen molar-refractivity contribution in [1.29, 1.82) is 0 Å². The van der Waals surface area contributed by atoms with E-state index in [1.807, 2.05) is 30.3 Å². The van der Waals surface area contributed by atoms with Crippen LogP contribution in [0.4, 0.5) is 5.82 Å². The van der Waals surface area contributed by atoms with Crippen LogP contribution < -0.4 is 5.32 Å². The Bertz CT molecular complexity index is 823. The van der Waals surface area contributed by atoms with Crippen LogP contribution in [0.3, 0.4) is 0 Å². The van der Waals surface area contributed by atoms with Gasteiger partial charge in [0, 0.05) is 57.7 Å². The molecule has 7 nitrogen and oxygen atoms in total. The second-order valence-corrected chi connectivity index (χ2v) is 7.69. The van der Waals surface area contributed by atoms with Gasteiger partial charge >= 0.3 is 0 Å². The summed E-state index contributed by atoms with van der Waals surface area (Å²) in [6.45, 7) is 5.87. The summed E-state index contributed by atoms with van der Waals surface area (Å²) in [5.74, 6) is 2.24. The Kier molecular flexibility index (Phi) is 5.52. The van der Waals surface area contributed by atoms with Gasteiger partial charge in [-0.15, -0.1) is 0 Å². The van der Waals surface area contributed by atoms with Crippen LogP contribution in [0.15, 0.2) is 24.4 Å². The summed E-state index contributed by atoms with van der Waals surface area (Å²) in [5, 5.41) is 3.23. The van der Waals surface area contributed by atoms with Gasteiger partial charge in [0.05, 0.1) is 17.9 Å². The molecule has 0 saturated carbocycles. The number of piperidine rings is 1. The summed E-state index contributed by atoms with van der Waals surface area (Å²) < 4.78 is 0. The van der Waals surface area contributed by atoms with Gasteiger partial charge in [-0.3, -0.25) is 14.7 Å². The second kappa shape index (κ2) is 8.22. The number of anilines is 1. The highest BCUT2D eigenvalue weighted by atomic mass is 16.2. The number of amides is 1. The number of hydrogen-bond donors (Lipinski definition) is 1. The van der Waals surface area contributed by atoms with Crippen LogP contribution in [0.5, 0.6) is 0 Å². The molecule has 148 valence electrons. The predicted molar refractivity (Wildman–Crippen MR) is 108 cm³/mol. The van der Waals surface area contributed by atoms with E-state index in [0.717, 1.165) is 74.0 Å². The number of nitrogens with zero attached hydrogens (tertiary/aromatic N) is 5. The zero-order chi connectivity index (χ0) is 19.5. The Balaban J connectivity index is 1.53. The highest BCUT2D eigenvalue weighted by Gasteiger charge is 2.28. The molecule has 1 amide bonds. The fourth-order valence-corrected chi connectivity index (χ4v) is 4.22. The van der Waals surface area contributed by atoms with Crippen molar-refractivity contribution in [2.24, 2.45) is 0 Å². The first kappa shape index (κ1) is 18.8. The Morgan fingerprint density at radius 2 is 2.18 bits per heavy atom. The van der Waals surface area contributed by atoms with Crippen LogP contribution in [0.25, 0.3) is 0 Å². The zero-order valence-corrected chi connectivity index (χ0v) is 16.7. The molecular formula is C21H28N6O. The molecule has 7 heteroatoms. The molecule has 2 aromatic rings. The first-order valence-corrected chi connectivity index (χ1v) is 10.1. The van der Waals surface area contributed by atoms with Crippen molar-refractivity contribution >= 4 is 11.7 Å². The van der Waals surface area contributed by atoms with E-state index in [-0.39, 0.29) is 5.91 Å². The van der Waals surface area contributed by atoms with Gasteiger partial charge in [-0.1, -0.05) is 6.07 Å². The molecule has 0 aromatic carbocycles. The number of rotatable bonds is 4. The van der Waals surface area contributed by atoms with E-state index in [1.165, 1.54) is 0 Å². The van der Waals surface area contributed by atoms with Crippen molar-refractivity contribution in [2.45, 2.75) is 45.2 Å². The Morgan fingerprint density at radius 1 is 1.29 bits per heavy atom. The van der Waals surface area contributed by atoms with Crippen LogP contribution in [0.2, 0.25) is 0 Å². The van der Waals surface area contributed by atoms with Gasteiger partial charge in [0.1, 0.15) is 11.6 Å². The van der Waals surface area contributed by atoms with E-state index in [1.54, 1.807) is 6.92 Å². The average molecular weight is 380 g/mol. The maximum Gasteiger partial charge on any atom is 0.219 e. The van der Waals surface area contributed by atoms with Crippen LogP contribution in [-0.4, -0.2) is 57.3 Å². The van der Waals surface area contributed by atoms with E-state index in [9.17, 15) is 4.79 Å². The smallest absolute Gasteiger partial charge is 0.219 e. The number of hydrogen-bond acceptors (Lipinski definition) is 6. The summed E-state index contributed by atoms with van der Waals surface area (Å²) in [5.41, 5.74) is 3.26. The lowest BCUT2D eigenvalue weighted by atomic mass is 9.96. The standard InChI is InChI=1S/C21H28N6O/c1-15(28)27-11-8-19-18(14-27)21(22-2)25-20(24-19)16-6-5-10-26(12-16)13-17-7-3-4-9-23-17/h3-4,7,9,16H,5-6,8,10-14H2,1-2H3,(H,22,24,25). The highest BCUT2D eigenvalue weighted by molar-refractivity contribution is 5.74. The number of likely N-dealkylation sites (tertiary alicyclic amines) is 1. The molecule has 4 heterocycles. The zero-order valence-electron chi connectivity index (χ0n) is 16.7. The lowest BCUT2D eigenvalue weighted by molar-refractivity contribution is -0.129. The minimum Gasteiger partial charge on any atom is -0.373 e. The summed E-state index contributed by atoms with van der Waals surface area (Å²) in [7, 11) is 1.90. The maximum absolute atomic E-state index is 11.8. The lowest BCUT2D eigenvalue weighted by Crippen LogP contribution is -2.37. The topological polar surface area (TPSA) is 74.2 Å². The van der Waals surface area contributed by atoms with Crippen molar-refractivity contribution in [3.05, 3.63) is 47.2 Å². The normalized spacial score (nSPS) is 19.9. The first-order chi connectivity index (χ1) is 13.6. The fourth-order valence-electron chi connectivity index (χ4n) is 4.22. The van der Waals surface area contributed by atoms with Gasteiger partial charge in [-0.05, 0) is 31.5 Å². The molecule has 0 spiro atoms.